The van der Waals surface area contributed by atoms with E-state index in [0.717, 1.165) is 23.3 Å². The van der Waals surface area contributed by atoms with Crippen molar-refractivity contribution in [2.75, 3.05) is 7.05 Å². The van der Waals surface area contributed by atoms with Crippen molar-refractivity contribution in [3.05, 3.63) is 61.3 Å². The molecule has 3 rings (SSSR count). The number of thiophene rings is 1. The summed E-state index contributed by atoms with van der Waals surface area (Å²) in [5, 5.41) is 11.0. The second-order valence-electron chi connectivity index (χ2n) is 6.85. The number of rotatable bonds is 4. The Morgan fingerprint density at radius 2 is 2.16 bits per heavy atom. The maximum absolute atomic E-state index is 12.9. The molecule has 0 fully saturated rings. The van der Waals surface area contributed by atoms with Gasteiger partial charge in [0.1, 0.15) is 0 Å². The monoisotopic (exact) mass is 358 g/mol. The molecule has 1 aromatic heterocycles. The molecule has 0 unspecified atom stereocenters. The molecular weight excluding hydrogens is 336 g/mol. The molecule has 25 heavy (non-hydrogen) atoms. The number of nitro groups is 1. The number of carbonyl (C=O) groups excluding carboxylic acids is 1. The van der Waals surface area contributed by atoms with Gasteiger partial charge in [0.05, 0.1) is 15.8 Å². The number of aryl methyl sites for hydroxylation is 1. The van der Waals surface area contributed by atoms with Crippen LogP contribution in [-0.2, 0) is 12.8 Å². The highest BCUT2D eigenvalue weighted by molar-refractivity contribution is 7.14. The molecule has 0 saturated heterocycles. The van der Waals surface area contributed by atoms with Gasteiger partial charge in [-0.25, -0.2) is 0 Å². The van der Waals surface area contributed by atoms with Crippen LogP contribution in [0.2, 0.25) is 0 Å². The van der Waals surface area contributed by atoms with Crippen LogP contribution in [0.25, 0.3) is 0 Å². The lowest BCUT2D eigenvalue weighted by Crippen LogP contribution is -2.29. The summed E-state index contributed by atoms with van der Waals surface area (Å²) >= 11 is 1.60. The molecule has 1 aliphatic carbocycles. The number of nitrogens with zero attached hydrogens (tertiary/aromatic N) is 2. The molecule has 5 nitrogen and oxygen atoms in total. The number of carbonyl (C=O) groups is 1. The van der Waals surface area contributed by atoms with E-state index < -0.39 is 4.92 Å². The number of hydrogen-bond donors (Lipinski definition) is 0. The Hall–Kier alpha value is -2.21. The van der Waals surface area contributed by atoms with Crippen LogP contribution >= 0.6 is 11.3 Å². The molecule has 0 radical (unpaired) electrons. The highest BCUT2D eigenvalue weighted by Crippen LogP contribution is 2.33. The van der Waals surface area contributed by atoms with Gasteiger partial charge in [-0.1, -0.05) is 19.1 Å². The van der Waals surface area contributed by atoms with E-state index in [2.05, 4.69) is 6.92 Å². The van der Waals surface area contributed by atoms with Gasteiger partial charge in [-0.2, -0.15) is 0 Å². The van der Waals surface area contributed by atoms with Crippen LogP contribution in [-0.4, -0.2) is 22.8 Å². The number of benzene rings is 1. The molecule has 0 N–H and O–H groups in total. The van der Waals surface area contributed by atoms with Gasteiger partial charge in [-0.15, -0.1) is 11.3 Å². The Labute approximate surface area is 151 Å². The van der Waals surface area contributed by atoms with Crippen LogP contribution in [0.5, 0.6) is 0 Å². The smallest absolute Gasteiger partial charge is 0.269 e. The fourth-order valence-electron chi connectivity index (χ4n) is 3.28. The maximum Gasteiger partial charge on any atom is 0.269 e. The Bertz CT molecular complexity index is 815. The van der Waals surface area contributed by atoms with Crippen molar-refractivity contribution >= 4 is 22.9 Å². The summed E-state index contributed by atoms with van der Waals surface area (Å²) in [4.78, 5) is 27.2. The lowest BCUT2D eigenvalue weighted by atomic mass is 9.90. The minimum Gasteiger partial charge on any atom is -0.334 e. The lowest BCUT2D eigenvalue weighted by molar-refractivity contribution is -0.384. The quantitative estimate of drug-likeness (QED) is 0.592. The SMILES string of the molecule is C[C@H]1CCc2sc(C(=O)N(C)[C@@H](C)c3cccc([N+](=O)[O-])c3)cc2C1. The number of non-ortho nitro benzene ring substituents is 1. The summed E-state index contributed by atoms with van der Waals surface area (Å²) in [6.45, 7) is 4.14. The average molecular weight is 358 g/mol. The Kier molecular flexibility index (Phi) is 4.90. The summed E-state index contributed by atoms with van der Waals surface area (Å²) < 4.78 is 0. The van der Waals surface area contributed by atoms with Gasteiger partial charge in [0.2, 0.25) is 0 Å². The van der Waals surface area contributed by atoms with Gasteiger partial charge in [-0.05, 0) is 49.3 Å². The van der Waals surface area contributed by atoms with E-state index in [1.807, 2.05) is 19.1 Å². The van der Waals surface area contributed by atoms with E-state index >= 15 is 0 Å². The Morgan fingerprint density at radius 3 is 2.88 bits per heavy atom. The first-order chi connectivity index (χ1) is 11.9. The molecule has 0 bridgehead atoms. The molecule has 0 aliphatic heterocycles. The van der Waals surface area contributed by atoms with Gasteiger partial charge in [0.25, 0.3) is 11.6 Å². The molecule has 2 aromatic rings. The van der Waals surface area contributed by atoms with Gasteiger partial charge in [0.15, 0.2) is 0 Å². The zero-order chi connectivity index (χ0) is 18.1. The number of fused-ring (bicyclic) bond motifs is 1. The molecule has 2 atom stereocenters. The van der Waals surface area contributed by atoms with E-state index in [1.165, 1.54) is 29.0 Å². The zero-order valence-corrected chi connectivity index (χ0v) is 15.5. The summed E-state index contributed by atoms with van der Waals surface area (Å²) in [6.07, 6.45) is 3.28. The number of hydrogen-bond acceptors (Lipinski definition) is 4. The van der Waals surface area contributed by atoms with Crippen molar-refractivity contribution < 1.29 is 9.72 Å². The minimum absolute atomic E-state index is 0.0222. The van der Waals surface area contributed by atoms with E-state index in [9.17, 15) is 14.9 Å². The second-order valence-corrected chi connectivity index (χ2v) is 7.99. The second kappa shape index (κ2) is 6.96. The summed E-state index contributed by atoms with van der Waals surface area (Å²) in [5.74, 6) is 0.651. The molecule has 1 aromatic carbocycles. The van der Waals surface area contributed by atoms with E-state index in [0.29, 0.717) is 5.92 Å². The highest BCUT2D eigenvalue weighted by Gasteiger charge is 2.25. The summed E-state index contributed by atoms with van der Waals surface area (Å²) in [5.41, 5.74) is 2.12. The molecule has 132 valence electrons. The van der Waals surface area contributed by atoms with Crippen LogP contribution in [0, 0.1) is 16.0 Å². The van der Waals surface area contributed by atoms with Crippen LogP contribution in [0.4, 0.5) is 5.69 Å². The molecule has 1 amide bonds. The summed E-state index contributed by atoms with van der Waals surface area (Å²) in [7, 11) is 1.76. The Morgan fingerprint density at radius 1 is 1.40 bits per heavy atom. The highest BCUT2D eigenvalue weighted by atomic mass is 32.1. The number of nitro benzene ring substituents is 1. The van der Waals surface area contributed by atoms with Crippen molar-refractivity contribution in [1.29, 1.82) is 0 Å². The zero-order valence-electron chi connectivity index (χ0n) is 14.7. The van der Waals surface area contributed by atoms with Crippen molar-refractivity contribution in [2.45, 2.75) is 39.2 Å². The Balaban J connectivity index is 1.80. The molecule has 1 aliphatic rings. The molecular formula is C19H22N2O3S. The van der Waals surface area contributed by atoms with Crippen molar-refractivity contribution in [1.82, 2.24) is 4.90 Å². The van der Waals surface area contributed by atoms with E-state index in [-0.39, 0.29) is 17.6 Å². The van der Waals surface area contributed by atoms with Gasteiger partial charge >= 0.3 is 0 Å². The standard InChI is InChI=1S/C19H22N2O3S/c1-12-7-8-17-15(9-12)11-18(25-17)19(22)20(3)13(2)14-5-4-6-16(10-14)21(23)24/h4-6,10-13H,7-9H2,1-3H3/t12-,13-/m0/s1. The van der Waals surface area contributed by atoms with Crippen LogP contribution in [0.3, 0.4) is 0 Å². The fourth-order valence-corrected chi connectivity index (χ4v) is 4.47. The third-order valence-corrected chi connectivity index (χ3v) is 6.23. The summed E-state index contributed by atoms with van der Waals surface area (Å²) in [6, 6.07) is 8.29. The average Bonchev–Trinajstić information content (AvgIpc) is 3.02. The molecule has 6 heteroatoms. The van der Waals surface area contributed by atoms with Crippen LogP contribution < -0.4 is 0 Å². The van der Waals surface area contributed by atoms with Gasteiger partial charge < -0.3 is 4.90 Å². The normalized spacial score (nSPS) is 17.6. The van der Waals surface area contributed by atoms with Crippen LogP contribution in [0.1, 0.15) is 52.0 Å². The predicted molar refractivity (Wildman–Crippen MR) is 99.1 cm³/mol. The predicted octanol–water partition coefficient (Wildman–Crippen LogP) is 4.61. The van der Waals surface area contributed by atoms with Crippen molar-refractivity contribution in [2.24, 2.45) is 5.92 Å². The van der Waals surface area contributed by atoms with Gasteiger partial charge in [0, 0.05) is 24.1 Å². The van der Waals surface area contributed by atoms with E-state index in [1.54, 1.807) is 29.4 Å². The molecule has 1 heterocycles. The van der Waals surface area contributed by atoms with E-state index in [4.69, 9.17) is 0 Å². The maximum atomic E-state index is 12.9. The first-order valence-electron chi connectivity index (χ1n) is 8.50. The van der Waals surface area contributed by atoms with Crippen molar-refractivity contribution in [3.63, 3.8) is 0 Å². The molecule has 0 saturated carbocycles. The topological polar surface area (TPSA) is 63.5 Å². The number of amides is 1. The minimum atomic E-state index is -0.410. The molecule has 0 spiro atoms. The largest absolute Gasteiger partial charge is 0.334 e. The van der Waals surface area contributed by atoms with Gasteiger partial charge in [-0.3, -0.25) is 14.9 Å². The fraction of sp³-hybridized carbons (Fsp3) is 0.421. The van der Waals surface area contributed by atoms with Crippen molar-refractivity contribution in [3.8, 4) is 0 Å². The lowest BCUT2D eigenvalue weighted by Gasteiger charge is -2.24. The third kappa shape index (κ3) is 3.58. The first-order valence-corrected chi connectivity index (χ1v) is 9.31. The van der Waals surface area contributed by atoms with Crippen LogP contribution in [0.15, 0.2) is 30.3 Å². The third-order valence-electron chi connectivity index (χ3n) is 5.00. The first kappa shape index (κ1) is 17.6.